The Morgan fingerprint density at radius 1 is 1.60 bits per heavy atom. The van der Waals surface area contributed by atoms with E-state index in [2.05, 4.69) is 15.3 Å². The molecule has 1 rings (SSSR count). The maximum atomic E-state index is 10.5. The molecule has 80 valence electrons. The minimum atomic E-state index is -1.01. The zero-order valence-electron chi connectivity index (χ0n) is 8.07. The van der Waals surface area contributed by atoms with Crippen LogP contribution >= 0.6 is 11.6 Å². The number of nitrogens with one attached hydrogen (secondary N) is 1. The number of carboxylic acids is 1. The molecule has 0 atom stereocenters. The van der Waals surface area contributed by atoms with Crippen LogP contribution in [0.3, 0.4) is 0 Å². The van der Waals surface area contributed by atoms with Crippen molar-refractivity contribution in [2.24, 2.45) is 0 Å². The molecule has 1 aromatic rings. The van der Waals surface area contributed by atoms with Gasteiger partial charge in [-0.2, -0.15) is 0 Å². The molecule has 1 heterocycles. The Labute approximate surface area is 91.8 Å². The maximum absolute atomic E-state index is 10.5. The number of aliphatic carboxylic acids is 1. The first-order valence-electron chi connectivity index (χ1n) is 4.30. The van der Waals surface area contributed by atoms with Gasteiger partial charge in [-0.1, -0.05) is 18.5 Å². The number of carboxylic acid groups (broad SMARTS) is 1. The third kappa shape index (κ3) is 3.55. The van der Waals surface area contributed by atoms with Crippen LogP contribution in [0.2, 0.25) is 5.15 Å². The smallest absolute Gasteiger partial charge is 0.330 e. The lowest BCUT2D eigenvalue weighted by molar-refractivity contribution is -0.131. The molecule has 0 aliphatic heterocycles. The highest BCUT2D eigenvalue weighted by Crippen LogP contribution is 2.17. The predicted octanol–water partition coefficient (Wildman–Crippen LogP) is 1.92. The summed E-state index contributed by atoms with van der Waals surface area (Å²) in [6, 6.07) is 0. The second-order valence-corrected chi connectivity index (χ2v) is 3.04. The summed E-state index contributed by atoms with van der Waals surface area (Å²) in [7, 11) is 0. The van der Waals surface area contributed by atoms with Crippen molar-refractivity contribution in [1.82, 2.24) is 9.97 Å². The Morgan fingerprint density at radius 3 is 2.80 bits per heavy atom. The van der Waals surface area contributed by atoms with Gasteiger partial charge in [0.2, 0.25) is 0 Å². The molecule has 2 N–H and O–H groups in total. The lowest BCUT2D eigenvalue weighted by atomic mass is 10.3. The van der Waals surface area contributed by atoms with E-state index < -0.39 is 5.97 Å². The number of nitrogens with zero attached hydrogens (tertiary/aromatic N) is 2. The Balaban J connectivity index is 2.85. The number of halogens is 1. The van der Waals surface area contributed by atoms with E-state index in [1.165, 1.54) is 12.4 Å². The molecule has 5 nitrogen and oxygen atoms in total. The zero-order chi connectivity index (χ0) is 11.3. The Bertz CT molecular complexity index is 393. The minimum Gasteiger partial charge on any atom is -0.478 e. The largest absolute Gasteiger partial charge is 0.478 e. The van der Waals surface area contributed by atoms with Crippen LogP contribution in [0.25, 0.3) is 0 Å². The van der Waals surface area contributed by atoms with Gasteiger partial charge in [-0.25, -0.2) is 14.8 Å². The summed E-state index contributed by atoms with van der Waals surface area (Å²) >= 11 is 5.75. The van der Waals surface area contributed by atoms with Crippen molar-refractivity contribution in [3.05, 3.63) is 29.3 Å². The molecule has 1 aromatic heterocycles. The van der Waals surface area contributed by atoms with Crippen molar-refractivity contribution < 1.29 is 9.90 Å². The minimum absolute atomic E-state index is 0.210. The molecule has 15 heavy (non-hydrogen) atoms. The molecule has 0 unspecified atom stereocenters. The van der Waals surface area contributed by atoms with Gasteiger partial charge in [0.05, 0.1) is 0 Å². The van der Waals surface area contributed by atoms with Crippen LogP contribution in [0.1, 0.15) is 13.3 Å². The fourth-order valence-electron chi connectivity index (χ4n) is 0.933. The molecule has 0 fully saturated rings. The van der Waals surface area contributed by atoms with Gasteiger partial charge in [-0.15, -0.1) is 0 Å². The van der Waals surface area contributed by atoms with Crippen LogP contribution in [0.5, 0.6) is 0 Å². The fourth-order valence-corrected chi connectivity index (χ4v) is 1.08. The average Bonchev–Trinajstić information content (AvgIpc) is 2.19. The molecule has 6 heteroatoms. The third-order valence-electron chi connectivity index (χ3n) is 1.61. The molecule has 0 bridgehead atoms. The van der Waals surface area contributed by atoms with E-state index in [1.807, 2.05) is 6.92 Å². The second-order valence-electron chi connectivity index (χ2n) is 2.68. The van der Waals surface area contributed by atoms with Crippen molar-refractivity contribution in [2.75, 3.05) is 5.32 Å². The molecule has 0 aliphatic rings. The van der Waals surface area contributed by atoms with Gasteiger partial charge in [0.15, 0.2) is 11.0 Å². The first-order chi connectivity index (χ1) is 7.13. The van der Waals surface area contributed by atoms with Crippen LogP contribution in [-0.2, 0) is 4.79 Å². The molecule has 0 radical (unpaired) electrons. The average molecular weight is 228 g/mol. The molecule has 0 aromatic carbocycles. The van der Waals surface area contributed by atoms with Crippen LogP contribution < -0.4 is 5.32 Å². The van der Waals surface area contributed by atoms with E-state index in [1.54, 1.807) is 0 Å². The number of carbonyl (C=O) groups is 1. The summed E-state index contributed by atoms with van der Waals surface area (Å²) in [6.45, 7) is 1.83. The number of hydrogen-bond acceptors (Lipinski definition) is 4. The monoisotopic (exact) mass is 227 g/mol. The number of aromatic nitrogens is 2. The topological polar surface area (TPSA) is 75.1 Å². The Morgan fingerprint density at radius 2 is 2.27 bits per heavy atom. The van der Waals surface area contributed by atoms with Gasteiger partial charge < -0.3 is 10.4 Å². The van der Waals surface area contributed by atoms with Crippen molar-refractivity contribution in [1.29, 1.82) is 0 Å². The number of anilines is 1. The molecular formula is C9H10ClN3O2. The van der Waals surface area contributed by atoms with Gasteiger partial charge in [0.25, 0.3) is 0 Å². The lowest BCUT2D eigenvalue weighted by Gasteiger charge is -2.07. The Hall–Kier alpha value is -1.62. The highest BCUT2D eigenvalue weighted by atomic mass is 35.5. The van der Waals surface area contributed by atoms with Crippen LogP contribution in [0.4, 0.5) is 5.82 Å². The van der Waals surface area contributed by atoms with E-state index in [0.29, 0.717) is 17.9 Å². The van der Waals surface area contributed by atoms with E-state index >= 15 is 0 Å². The number of hydrogen-bond donors (Lipinski definition) is 2. The van der Waals surface area contributed by atoms with Gasteiger partial charge >= 0.3 is 5.97 Å². The summed E-state index contributed by atoms with van der Waals surface area (Å²) in [5.74, 6) is -0.659. The summed E-state index contributed by atoms with van der Waals surface area (Å²) in [6.07, 6.45) is 4.55. The normalized spacial score (nSPS) is 11.2. The molecule has 0 spiro atoms. The van der Waals surface area contributed by atoms with Gasteiger partial charge in [-0.3, -0.25) is 0 Å². The van der Waals surface area contributed by atoms with Crippen molar-refractivity contribution in [2.45, 2.75) is 13.3 Å². The summed E-state index contributed by atoms with van der Waals surface area (Å²) in [5.41, 5.74) is 0.518. The van der Waals surface area contributed by atoms with Crippen molar-refractivity contribution in [3.8, 4) is 0 Å². The third-order valence-corrected chi connectivity index (χ3v) is 1.89. The zero-order valence-corrected chi connectivity index (χ0v) is 8.82. The van der Waals surface area contributed by atoms with Crippen LogP contribution in [0, 0.1) is 0 Å². The molecular weight excluding hydrogens is 218 g/mol. The fraction of sp³-hybridized carbons (Fsp3) is 0.222. The van der Waals surface area contributed by atoms with Crippen LogP contribution in [0.15, 0.2) is 24.2 Å². The van der Waals surface area contributed by atoms with Gasteiger partial charge in [-0.05, 0) is 6.42 Å². The maximum Gasteiger partial charge on any atom is 0.330 e. The Kier molecular flexibility index (Phi) is 4.05. The standard InChI is InChI=1S/C9H10ClN3O2/c1-2-6(5-7(14)15)13-9-8(10)11-3-4-12-9/h3-5H,2H2,1H3,(H,12,13)(H,14,15). The van der Waals surface area contributed by atoms with Gasteiger partial charge in [0, 0.05) is 24.2 Å². The summed E-state index contributed by atoms with van der Waals surface area (Å²) in [4.78, 5) is 18.2. The number of allylic oxidation sites excluding steroid dienone is 1. The van der Waals surface area contributed by atoms with Crippen LogP contribution in [-0.4, -0.2) is 21.0 Å². The SMILES string of the molecule is CCC(=CC(=O)O)Nc1nccnc1Cl. The summed E-state index contributed by atoms with van der Waals surface area (Å²) in [5, 5.41) is 11.6. The molecule has 0 amide bonds. The lowest BCUT2D eigenvalue weighted by Crippen LogP contribution is -2.04. The van der Waals surface area contributed by atoms with E-state index in [9.17, 15) is 4.79 Å². The summed E-state index contributed by atoms with van der Waals surface area (Å²) < 4.78 is 0. The quantitative estimate of drug-likeness (QED) is 0.769. The molecule has 0 aliphatic carbocycles. The van der Waals surface area contributed by atoms with Crippen molar-refractivity contribution in [3.63, 3.8) is 0 Å². The highest BCUT2D eigenvalue weighted by Gasteiger charge is 2.04. The highest BCUT2D eigenvalue weighted by molar-refractivity contribution is 6.31. The second kappa shape index (κ2) is 5.31. The molecule has 0 saturated carbocycles. The first-order valence-corrected chi connectivity index (χ1v) is 4.68. The van der Waals surface area contributed by atoms with Crippen molar-refractivity contribution >= 4 is 23.4 Å². The molecule has 0 saturated heterocycles. The first kappa shape index (κ1) is 11.5. The number of rotatable bonds is 4. The van der Waals surface area contributed by atoms with E-state index in [4.69, 9.17) is 16.7 Å². The van der Waals surface area contributed by atoms with Gasteiger partial charge in [0.1, 0.15) is 0 Å². The van der Waals surface area contributed by atoms with E-state index in [0.717, 1.165) is 6.08 Å². The predicted molar refractivity (Wildman–Crippen MR) is 56.7 cm³/mol. The van der Waals surface area contributed by atoms with E-state index in [-0.39, 0.29) is 5.15 Å².